The Morgan fingerprint density at radius 3 is 1.92 bits per heavy atom. The minimum atomic E-state index is -0.752. The van der Waals surface area contributed by atoms with Gasteiger partial charge in [-0.25, -0.2) is 0 Å². The molecule has 0 atom stereocenters. The zero-order valence-electron chi connectivity index (χ0n) is 15.0. The Hall–Kier alpha value is -1.89. The molecule has 0 spiro atoms. The highest BCUT2D eigenvalue weighted by Gasteiger charge is 2.22. The topological polar surface area (TPSA) is 17.1 Å². The fraction of sp³-hybridized carbons (Fsp3) is 0.174. The normalized spacial score (nSPS) is 10.8. The van der Waals surface area contributed by atoms with Gasteiger partial charge in [-0.3, -0.25) is 4.79 Å². The highest BCUT2D eigenvalue weighted by atomic mass is 32.2. The summed E-state index contributed by atoms with van der Waals surface area (Å²) in [6.45, 7) is 2.16. The zero-order chi connectivity index (χ0) is 18.2. The maximum absolute atomic E-state index is 12.9. The van der Waals surface area contributed by atoms with Gasteiger partial charge in [0.2, 0.25) is 5.12 Å². The summed E-state index contributed by atoms with van der Waals surface area (Å²) in [5, 5.41) is 3.88. The van der Waals surface area contributed by atoms with E-state index in [1.54, 1.807) is 0 Å². The highest BCUT2D eigenvalue weighted by Crippen LogP contribution is 2.34. The van der Waals surface area contributed by atoms with E-state index < -0.39 is 7.92 Å². The molecule has 0 aliphatic heterocycles. The van der Waals surface area contributed by atoms with Crippen LogP contribution in [0.25, 0.3) is 0 Å². The standard InChI is InChI=1S/C23H23OPS/c1-2-3-18-26-23(24)21-16-10-11-17-22(21)25(19-12-6-4-7-13-19)20-14-8-5-9-15-20/h4-17H,2-3,18H2,1H3. The van der Waals surface area contributed by atoms with Crippen LogP contribution >= 0.6 is 19.7 Å². The molecule has 3 heteroatoms. The Kier molecular flexibility index (Phi) is 7.05. The zero-order valence-corrected chi connectivity index (χ0v) is 16.7. The Morgan fingerprint density at radius 1 is 0.808 bits per heavy atom. The van der Waals surface area contributed by atoms with E-state index in [-0.39, 0.29) is 5.12 Å². The first-order valence-electron chi connectivity index (χ1n) is 8.97. The monoisotopic (exact) mass is 378 g/mol. The van der Waals surface area contributed by atoms with Crippen LogP contribution in [0.5, 0.6) is 0 Å². The van der Waals surface area contributed by atoms with Crippen LogP contribution in [-0.2, 0) is 0 Å². The minimum absolute atomic E-state index is 0.188. The van der Waals surface area contributed by atoms with Gasteiger partial charge in [0.05, 0.1) is 0 Å². The van der Waals surface area contributed by atoms with E-state index in [0.29, 0.717) is 0 Å². The van der Waals surface area contributed by atoms with Gasteiger partial charge in [0.15, 0.2) is 0 Å². The molecule has 132 valence electrons. The number of hydrogen-bond acceptors (Lipinski definition) is 2. The van der Waals surface area contributed by atoms with Crippen LogP contribution in [0.15, 0.2) is 84.9 Å². The molecule has 0 N–H and O–H groups in total. The molecule has 1 nitrogen and oxygen atoms in total. The van der Waals surface area contributed by atoms with Crippen molar-refractivity contribution in [3.63, 3.8) is 0 Å². The van der Waals surface area contributed by atoms with Crippen molar-refractivity contribution < 1.29 is 4.79 Å². The quantitative estimate of drug-likeness (QED) is 0.419. The third-order valence-corrected chi connectivity index (χ3v) is 7.60. The molecule has 0 aliphatic carbocycles. The van der Waals surface area contributed by atoms with Crippen LogP contribution in [0, 0.1) is 0 Å². The summed E-state index contributed by atoms with van der Waals surface area (Å²) in [5.41, 5.74) is 0.854. The summed E-state index contributed by atoms with van der Waals surface area (Å²) in [6.07, 6.45) is 2.19. The van der Waals surface area contributed by atoms with Gasteiger partial charge in [0.25, 0.3) is 0 Å². The maximum Gasteiger partial charge on any atom is 0.220 e. The molecule has 0 heterocycles. The lowest BCUT2D eigenvalue weighted by Crippen LogP contribution is -2.24. The number of unbranched alkanes of at least 4 members (excludes halogenated alkanes) is 1. The van der Waals surface area contributed by atoms with Crippen molar-refractivity contribution in [2.45, 2.75) is 19.8 Å². The van der Waals surface area contributed by atoms with Crippen LogP contribution in [0.3, 0.4) is 0 Å². The van der Waals surface area contributed by atoms with Crippen LogP contribution < -0.4 is 15.9 Å². The number of hydrogen-bond donors (Lipinski definition) is 0. The molecule has 0 radical (unpaired) electrons. The van der Waals surface area contributed by atoms with Crippen molar-refractivity contribution >= 4 is 40.7 Å². The Bertz CT molecular complexity index is 794. The SMILES string of the molecule is CCCCSC(=O)c1ccccc1P(c1ccccc1)c1ccccc1. The Balaban J connectivity index is 2.04. The van der Waals surface area contributed by atoms with Crippen LogP contribution in [0.4, 0.5) is 0 Å². The van der Waals surface area contributed by atoms with Crippen molar-refractivity contribution in [3.8, 4) is 0 Å². The molecule has 0 fully saturated rings. The minimum Gasteiger partial charge on any atom is -0.282 e. The first-order valence-corrected chi connectivity index (χ1v) is 11.3. The second-order valence-corrected chi connectivity index (χ2v) is 9.27. The van der Waals surface area contributed by atoms with Crippen molar-refractivity contribution in [2.75, 3.05) is 5.75 Å². The highest BCUT2D eigenvalue weighted by molar-refractivity contribution is 8.14. The molecule has 0 bridgehead atoms. The molecule has 3 aromatic rings. The van der Waals surface area contributed by atoms with E-state index in [1.807, 2.05) is 30.3 Å². The van der Waals surface area contributed by atoms with Gasteiger partial charge < -0.3 is 0 Å². The third-order valence-electron chi connectivity index (χ3n) is 4.12. The summed E-state index contributed by atoms with van der Waals surface area (Å²) in [4.78, 5) is 12.9. The molecule has 0 aromatic heterocycles. The molecule has 0 aliphatic rings. The van der Waals surface area contributed by atoms with Crippen LogP contribution in [-0.4, -0.2) is 10.9 Å². The molecule has 3 aromatic carbocycles. The number of rotatable bonds is 7. The first-order chi connectivity index (χ1) is 12.8. The largest absolute Gasteiger partial charge is 0.282 e. The van der Waals surface area contributed by atoms with E-state index in [1.165, 1.54) is 22.4 Å². The van der Waals surface area contributed by atoms with Gasteiger partial charge in [0.1, 0.15) is 0 Å². The molecule has 3 rings (SSSR count). The summed E-state index contributed by atoms with van der Waals surface area (Å²) in [5.74, 6) is 0.887. The lowest BCUT2D eigenvalue weighted by Gasteiger charge is -2.21. The average molecular weight is 378 g/mol. The maximum atomic E-state index is 12.9. The summed E-state index contributed by atoms with van der Waals surface area (Å²) < 4.78 is 0. The summed E-state index contributed by atoms with van der Waals surface area (Å²) in [7, 11) is -0.752. The van der Waals surface area contributed by atoms with Gasteiger partial charge in [-0.05, 0) is 36.3 Å². The molecule has 0 unspecified atom stereocenters. The molecular weight excluding hydrogens is 355 g/mol. The number of carbonyl (C=O) groups is 1. The average Bonchev–Trinajstić information content (AvgIpc) is 2.70. The summed E-state index contributed by atoms with van der Waals surface area (Å²) >= 11 is 1.45. The van der Waals surface area contributed by atoms with Crippen molar-refractivity contribution in [1.29, 1.82) is 0 Å². The fourth-order valence-corrected chi connectivity index (χ4v) is 6.28. The third kappa shape index (κ3) is 4.63. The van der Waals surface area contributed by atoms with Gasteiger partial charge in [-0.15, -0.1) is 0 Å². The number of thioether (sulfide) groups is 1. The summed E-state index contributed by atoms with van der Waals surface area (Å²) in [6, 6.07) is 29.2. The molecular formula is C23H23OPS. The molecule has 0 saturated carbocycles. The van der Waals surface area contributed by atoms with Gasteiger partial charge in [0, 0.05) is 11.3 Å². The van der Waals surface area contributed by atoms with E-state index in [9.17, 15) is 4.79 Å². The second-order valence-electron chi connectivity index (χ2n) is 6.01. The lowest BCUT2D eigenvalue weighted by molar-refractivity contribution is 0.109. The number of carbonyl (C=O) groups excluding carboxylic acids is 1. The van der Waals surface area contributed by atoms with Crippen LogP contribution in [0.2, 0.25) is 0 Å². The van der Waals surface area contributed by atoms with Gasteiger partial charge in [-0.2, -0.15) is 0 Å². The van der Waals surface area contributed by atoms with Crippen molar-refractivity contribution in [3.05, 3.63) is 90.5 Å². The predicted molar refractivity (Wildman–Crippen MR) is 117 cm³/mol. The smallest absolute Gasteiger partial charge is 0.220 e. The molecule has 0 saturated heterocycles. The van der Waals surface area contributed by atoms with Gasteiger partial charge in [-0.1, -0.05) is 104 Å². The Labute approximate surface area is 161 Å². The first kappa shape index (κ1) is 18.9. The van der Waals surface area contributed by atoms with E-state index in [2.05, 4.69) is 61.5 Å². The lowest BCUT2D eigenvalue weighted by atomic mass is 10.2. The molecule has 26 heavy (non-hydrogen) atoms. The predicted octanol–water partition coefficient (Wildman–Crippen LogP) is 5.12. The molecule has 0 amide bonds. The van der Waals surface area contributed by atoms with Gasteiger partial charge >= 0.3 is 0 Å². The van der Waals surface area contributed by atoms with E-state index in [4.69, 9.17) is 0 Å². The fourth-order valence-electron chi connectivity index (χ4n) is 2.81. The Morgan fingerprint density at radius 2 is 1.35 bits per heavy atom. The van der Waals surface area contributed by atoms with Crippen molar-refractivity contribution in [2.24, 2.45) is 0 Å². The van der Waals surface area contributed by atoms with Crippen molar-refractivity contribution in [1.82, 2.24) is 0 Å². The number of benzene rings is 3. The van der Waals surface area contributed by atoms with E-state index >= 15 is 0 Å². The second kappa shape index (κ2) is 9.71. The van der Waals surface area contributed by atoms with E-state index in [0.717, 1.165) is 29.5 Å². The van der Waals surface area contributed by atoms with Crippen LogP contribution in [0.1, 0.15) is 30.1 Å².